The van der Waals surface area contributed by atoms with E-state index in [1.165, 1.54) is 11.5 Å². The summed E-state index contributed by atoms with van der Waals surface area (Å²) in [6.45, 7) is 0.724. The van der Waals surface area contributed by atoms with Gasteiger partial charge in [0.1, 0.15) is 0 Å². The van der Waals surface area contributed by atoms with Crippen molar-refractivity contribution in [2.24, 2.45) is 17.8 Å². The first-order chi connectivity index (χ1) is 7.68. The minimum atomic E-state index is -0.839. The lowest BCUT2D eigenvalue weighted by Crippen LogP contribution is -2.32. The fourth-order valence-corrected chi connectivity index (χ4v) is 3.29. The fourth-order valence-electron chi connectivity index (χ4n) is 2.08. The second kappa shape index (κ2) is 5.08. The van der Waals surface area contributed by atoms with Gasteiger partial charge in [-0.2, -0.15) is 11.8 Å². The Balaban J connectivity index is 1.66. The monoisotopic (exact) mass is 243 g/mol. The lowest BCUT2D eigenvalue weighted by molar-refractivity contribution is -0.140. The highest BCUT2D eigenvalue weighted by Crippen LogP contribution is 2.38. The summed E-state index contributed by atoms with van der Waals surface area (Å²) in [5.41, 5.74) is 0. The maximum absolute atomic E-state index is 11.6. The zero-order valence-corrected chi connectivity index (χ0v) is 9.96. The minimum Gasteiger partial charge on any atom is -0.481 e. The predicted molar refractivity (Wildman–Crippen MR) is 62.3 cm³/mol. The summed E-state index contributed by atoms with van der Waals surface area (Å²) in [5.74, 6) is 1.35. The molecule has 0 unspecified atom stereocenters. The Morgan fingerprint density at radius 1 is 1.25 bits per heavy atom. The van der Waals surface area contributed by atoms with E-state index in [-0.39, 0.29) is 11.8 Å². The first-order valence-corrected chi connectivity index (χ1v) is 6.92. The van der Waals surface area contributed by atoms with Crippen molar-refractivity contribution in [1.82, 2.24) is 5.32 Å². The molecule has 0 radical (unpaired) electrons. The van der Waals surface area contributed by atoms with Crippen molar-refractivity contribution in [1.29, 1.82) is 0 Å². The molecule has 1 aliphatic carbocycles. The van der Waals surface area contributed by atoms with Crippen LogP contribution in [0.15, 0.2) is 0 Å². The third kappa shape index (κ3) is 2.90. The molecule has 0 spiro atoms. The molecule has 1 aliphatic heterocycles. The predicted octanol–water partition coefficient (Wildman–Crippen LogP) is 0.967. The van der Waals surface area contributed by atoms with Crippen LogP contribution in [0.3, 0.4) is 0 Å². The number of hydrogen-bond acceptors (Lipinski definition) is 3. The van der Waals surface area contributed by atoms with Crippen molar-refractivity contribution in [3.8, 4) is 0 Å². The molecule has 2 rings (SSSR count). The molecule has 1 saturated heterocycles. The van der Waals surface area contributed by atoms with Gasteiger partial charge in [-0.1, -0.05) is 0 Å². The van der Waals surface area contributed by atoms with E-state index >= 15 is 0 Å². The highest BCUT2D eigenvalue weighted by Gasteiger charge is 2.48. The Hall–Kier alpha value is -0.710. The number of hydrogen-bond donors (Lipinski definition) is 2. The van der Waals surface area contributed by atoms with E-state index in [0.717, 1.165) is 19.4 Å². The number of carbonyl (C=O) groups is 2. The zero-order chi connectivity index (χ0) is 11.5. The molecule has 0 aromatic carbocycles. The zero-order valence-electron chi connectivity index (χ0n) is 9.15. The number of amides is 1. The summed E-state index contributed by atoms with van der Waals surface area (Å²) in [6.07, 6.45) is 2.84. The van der Waals surface area contributed by atoms with Crippen molar-refractivity contribution >= 4 is 23.6 Å². The number of nitrogens with one attached hydrogen (secondary N) is 1. The van der Waals surface area contributed by atoms with Gasteiger partial charge in [0.2, 0.25) is 5.91 Å². The quantitative estimate of drug-likeness (QED) is 0.772. The van der Waals surface area contributed by atoms with E-state index in [4.69, 9.17) is 5.11 Å². The molecule has 2 atom stereocenters. The van der Waals surface area contributed by atoms with Crippen molar-refractivity contribution in [2.45, 2.75) is 19.3 Å². The van der Waals surface area contributed by atoms with Gasteiger partial charge >= 0.3 is 5.97 Å². The molecule has 4 nitrogen and oxygen atoms in total. The molecule has 2 aliphatic rings. The van der Waals surface area contributed by atoms with E-state index in [9.17, 15) is 9.59 Å². The highest BCUT2D eigenvalue weighted by molar-refractivity contribution is 7.99. The van der Waals surface area contributed by atoms with Gasteiger partial charge in [0.25, 0.3) is 0 Å². The van der Waals surface area contributed by atoms with Crippen molar-refractivity contribution in [3.05, 3.63) is 0 Å². The Morgan fingerprint density at radius 2 is 1.94 bits per heavy atom. The molecule has 2 N–H and O–H groups in total. The average molecular weight is 243 g/mol. The Kier molecular flexibility index (Phi) is 3.74. The first-order valence-electron chi connectivity index (χ1n) is 5.76. The number of carboxylic acid groups (broad SMARTS) is 1. The molecule has 1 heterocycles. The molecule has 0 aromatic heterocycles. The van der Waals surface area contributed by atoms with Crippen molar-refractivity contribution in [2.75, 3.05) is 18.1 Å². The molecule has 90 valence electrons. The van der Waals surface area contributed by atoms with Gasteiger partial charge < -0.3 is 10.4 Å². The van der Waals surface area contributed by atoms with Gasteiger partial charge in [-0.05, 0) is 36.7 Å². The normalized spacial score (nSPS) is 29.8. The van der Waals surface area contributed by atoms with Crippen LogP contribution in [-0.2, 0) is 9.59 Å². The lowest BCUT2D eigenvalue weighted by atomic mass is 10.0. The highest BCUT2D eigenvalue weighted by atomic mass is 32.2. The minimum absolute atomic E-state index is 0.0642. The number of aliphatic carboxylic acids is 1. The molecular weight excluding hydrogens is 226 g/mol. The Bertz CT molecular complexity index is 289. The van der Waals surface area contributed by atoms with E-state index in [1.54, 1.807) is 0 Å². The topological polar surface area (TPSA) is 66.4 Å². The van der Waals surface area contributed by atoms with E-state index < -0.39 is 11.9 Å². The summed E-state index contributed by atoms with van der Waals surface area (Å²) in [4.78, 5) is 22.2. The standard InChI is InChI=1S/C11H17NO3S/c13-10(8-5-9(8)11(14)15)12-6-7-1-3-16-4-2-7/h7-9H,1-6H2,(H,12,13)(H,14,15)/t8-,9+/m1/s1. The maximum Gasteiger partial charge on any atom is 0.307 e. The molecule has 0 bridgehead atoms. The van der Waals surface area contributed by atoms with Crippen LogP contribution in [0.4, 0.5) is 0 Å². The molecule has 5 heteroatoms. The number of carboxylic acids is 1. The van der Waals surface area contributed by atoms with Crippen LogP contribution in [0, 0.1) is 17.8 Å². The molecular formula is C11H17NO3S. The Labute approximate surface area is 99.2 Å². The van der Waals surface area contributed by atoms with Crippen molar-refractivity contribution in [3.63, 3.8) is 0 Å². The van der Waals surface area contributed by atoms with Crippen LogP contribution in [0.1, 0.15) is 19.3 Å². The van der Waals surface area contributed by atoms with Crippen molar-refractivity contribution < 1.29 is 14.7 Å². The van der Waals surface area contributed by atoms with E-state index in [0.29, 0.717) is 12.3 Å². The fraction of sp³-hybridized carbons (Fsp3) is 0.818. The molecule has 1 amide bonds. The Morgan fingerprint density at radius 3 is 2.50 bits per heavy atom. The van der Waals surface area contributed by atoms with Crippen LogP contribution in [0.2, 0.25) is 0 Å². The SMILES string of the molecule is O=C(O)[C@H]1C[C@H]1C(=O)NCC1CCSCC1. The first kappa shape index (κ1) is 11.8. The van der Waals surface area contributed by atoms with Gasteiger partial charge in [-0.15, -0.1) is 0 Å². The smallest absolute Gasteiger partial charge is 0.307 e. The average Bonchev–Trinajstić information content (AvgIpc) is 3.07. The second-order valence-electron chi connectivity index (χ2n) is 4.59. The number of thioether (sulfide) groups is 1. The van der Waals surface area contributed by atoms with Crippen LogP contribution in [0.25, 0.3) is 0 Å². The lowest BCUT2D eigenvalue weighted by Gasteiger charge is -2.21. The third-order valence-corrected chi connectivity index (χ3v) is 4.40. The number of carbonyl (C=O) groups excluding carboxylic acids is 1. The molecule has 2 fully saturated rings. The summed E-state index contributed by atoms with van der Waals surface area (Å²) in [5, 5.41) is 11.6. The van der Waals surface area contributed by atoms with Gasteiger partial charge in [-0.25, -0.2) is 0 Å². The molecule has 1 saturated carbocycles. The van der Waals surface area contributed by atoms with Gasteiger partial charge in [0.05, 0.1) is 11.8 Å². The number of rotatable bonds is 4. The summed E-state index contributed by atoms with van der Waals surface area (Å²) in [7, 11) is 0. The van der Waals surface area contributed by atoms with E-state index in [2.05, 4.69) is 5.32 Å². The third-order valence-electron chi connectivity index (χ3n) is 3.35. The molecule has 0 aromatic rings. The summed E-state index contributed by atoms with van der Waals surface area (Å²) < 4.78 is 0. The van der Waals surface area contributed by atoms with Crippen LogP contribution >= 0.6 is 11.8 Å². The second-order valence-corrected chi connectivity index (χ2v) is 5.81. The summed E-state index contributed by atoms with van der Waals surface area (Å²) >= 11 is 1.97. The molecule has 16 heavy (non-hydrogen) atoms. The van der Waals surface area contributed by atoms with Crippen LogP contribution in [0.5, 0.6) is 0 Å². The van der Waals surface area contributed by atoms with E-state index in [1.807, 2.05) is 11.8 Å². The summed E-state index contributed by atoms with van der Waals surface area (Å²) in [6, 6.07) is 0. The largest absolute Gasteiger partial charge is 0.481 e. The maximum atomic E-state index is 11.6. The van der Waals surface area contributed by atoms with Crippen LogP contribution in [-0.4, -0.2) is 35.0 Å². The van der Waals surface area contributed by atoms with Gasteiger partial charge in [0.15, 0.2) is 0 Å². The van der Waals surface area contributed by atoms with Gasteiger partial charge in [0, 0.05) is 6.54 Å². The van der Waals surface area contributed by atoms with Gasteiger partial charge in [-0.3, -0.25) is 9.59 Å². The van der Waals surface area contributed by atoms with Crippen LogP contribution < -0.4 is 5.32 Å².